The normalized spacial score (nSPS) is 10.2. The minimum Gasteiger partial charge on any atom is -1.00 e. The number of carbonyl (C=O) groups excluding carboxylic acids is 1. The topological polar surface area (TPSA) is 35.1 Å². The maximum absolute atomic E-state index is 11.7. The van der Waals surface area contributed by atoms with E-state index in [9.17, 15) is 4.79 Å². The zero-order valence-corrected chi connectivity index (χ0v) is 13.9. The first-order chi connectivity index (χ1) is 10.3. The first-order valence-corrected chi connectivity index (χ1v) is 7.00. The van der Waals surface area contributed by atoms with Gasteiger partial charge in [-0.25, -0.2) is 9.36 Å². The lowest BCUT2D eigenvalue weighted by Crippen LogP contribution is -3.00. The number of rotatable bonds is 4. The standard InChI is InChI=1S/C17H17N2O2.BrH/c1-2-21-17(20)12-18-13-19(14-8-4-3-5-9-14)16-11-7-6-10-15(16)18;/h3-11,13H,2,12H2,1H3;1H/q+1;/p-1. The fourth-order valence-electron chi connectivity index (χ4n) is 2.44. The maximum Gasteiger partial charge on any atom is 0.348 e. The number of ether oxygens (including phenoxy) is 1. The molecule has 0 amide bonds. The highest BCUT2D eigenvalue weighted by Crippen LogP contribution is 2.16. The number of halogens is 1. The zero-order chi connectivity index (χ0) is 14.7. The van der Waals surface area contributed by atoms with Crippen molar-refractivity contribution in [2.45, 2.75) is 13.5 Å². The third kappa shape index (κ3) is 3.20. The Hall–Kier alpha value is -2.14. The first kappa shape index (κ1) is 16.2. The van der Waals surface area contributed by atoms with Gasteiger partial charge in [0.15, 0.2) is 17.6 Å². The van der Waals surface area contributed by atoms with E-state index in [0.717, 1.165) is 16.7 Å². The van der Waals surface area contributed by atoms with E-state index in [1.54, 1.807) is 0 Å². The maximum atomic E-state index is 11.7. The van der Waals surface area contributed by atoms with Crippen LogP contribution in [0, 0.1) is 0 Å². The molecule has 0 radical (unpaired) electrons. The van der Waals surface area contributed by atoms with E-state index in [2.05, 4.69) is 4.57 Å². The van der Waals surface area contributed by atoms with Crippen molar-refractivity contribution in [3.05, 3.63) is 60.9 Å². The number of hydrogen-bond donors (Lipinski definition) is 0. The van der Waals surface area contributed by atoms with E-state index in [0.29, 0.717) is 6.61 Å². The lowest BCUT2D eigenvalue weighted by Gasteiger charge is -1.98. The number of esters is 1. The number of para-hydroxylation sites is 3. The van der Waals surface area contributed by atoms with Crippen LogP contribution in [0.15, 0.2) is 60.9 Å². The van der Waals surface area contributed by atoms with Crippen molar-refractivity contribution >= 4 is 17.0 Å². The lowest BCUT2D eigenvalue weighted by molar-refractivity contribution is -0.660. The van der Waals surface area contributed by atoms with Crippen LogP contribution in [0.1, 0.15) is 6.92 Å². The van der Waals surface area contributed by atoms with Gasteiger partial charge in [-0.05, 0) is 31.2 Å². The lowest BCUT2D eigenvalue weighted by atomic mass is 10.3. The zero-order valence-electron chi connectivity index (χ0n) is 12.3. The van der Waals surface area contributed by atoms with Crippen LogP contribution in [-0.4, -0.2) is 17.1 Å². The van der Waals surface area contributed by atoms with Crippen LogP contribution in [0.4, 0.5) is 0 Å². The smallest absolute Gasteiger partial charge is 0.348 e. The summed E-state index contributed by atoms with van der Waals surface area (Å²) in [5.74, 6) is -0.224. The molecule has 1 heterocycles. The summed E-state index contributed by atoms with van der Waals surface area (Å²) in [6, 6.07) is 18.1. The van der Waals surface area contributed by atoms with Crippen molar-refractivity contribution in [2.24, 2.45) is 0 Å². The Bertz CT molecular complexity index is 769. The summed E-state index contributed by atoms with van der Waals surface area (Å²) in [6.45, 7) is 2.43. The number of imidazole rings is 1. The molecule has 0 aliphatic rings. The summed E-state index contributed by atoms with van der Waals surface area (Å²) in [5.41, 5.74) is 3.14. The minimum atomic E-state index is -0.224. The quantitative estimate of drug-likeness (QED) is 0.463. The van der Waals surface area contributed by atoms with Gasteiger partial charge in [0.1, 0.15) is 5.69 Å². The van der Waals surface area contributed by atoms with E-state index in [1.165, 1.54) is 0 Å². The highest BCUT2D eigenvalue weighted by molar-refractivity contribution is 5.75. The molecule has 0 saturated carbocycles. The average Bonchev–Trinajstić information content (AvgIpc) is 2.87. The molecule has 3 aromatic rings. The van der Waals surface area contributed by atoms with Gasteiger partial charge in [0, 0.05) is 0 Å². The molecule has 0 atom stereocenters. The molecule has 0 fully saturated rings. The van der Waals surface area contributed by atoms with Crippen molar-refractivity contribution in [3.63, 3.8) is 0 Å². The monoisotopic (exact) mass is 360 g/mol. The van der Waals surface area contributed by atoms with Crippen LogP contribution >= 0.6 is 0 Å². The van der Waals surface area contributed by atoms with E-state index < -0.39 is 0 Å². The molecule has 0 aliphatic heterocycles. The van der Waals surface area contributed by atoms with Crippen molar-refractivity contribution in [3.8, 4) is 5.69 Å². The van der Waals surface area contributed by atoms with Gasteiger partial charge in [-0.15, -0.1) is 0 Å². The minimum absolute atomic E-state index is 0. The largest absolute Gasteiger partial charge is 1.00 e. The number of hydrogen-bond acceptors (Lipinski definition) is 2. The Labute approximate surface area is 139 Å². The van der Waals surface area contributed by atoms with Crippen LogP contribution in [0.3, 0.4) is 0 Å². The fourth-order valence-corrected chi connectivity index (χ4v) is 2.44. The molecule has 0 unspecified atom stereocenters. The van der Waals surface area contributed by atoms with Crippen LogP contribution in [0.5, 0.6) is 0 Å². The summed E-state index contributed by atoms with van der Waals surface area (Å²) in [4.78, 5) is 11.7. The summed E-state index contributed by atoms with van der Waals surface area (Å²) in [7, 11) is 0. The second-order valence-electron chi connectivity index (χ2n) is 4.74. The SMILES string of the molecule is CCOC(=O)C[n+]1cn(-c2ccccc2)c2ccccc21.[Br-]. The van der Waals surface area contributed by atoms with E-state index >= 15 is 0 Å². The third-order valence-electron chi connectivity index (χ3n) is 3.34. The van der Waals surface area contributed by atoms with E-state index in [4.69, 9.17) is 4.74 Å². The van der Waals surface area contributed by atoms with Gasteiger partial charge >= 0.3 is 5.97 Å². The number of fused-ring (bicyclic) bond motifs is 1. The third-order valence-corrected chi connectivity index (χ3v) is 3.34. The Kier molecular flexibility index (Phi) is 5.33. The van der Waals surface area contributed by atoms with Gasteiger partial charge in [0.2, 0.25) is 0 Å². The van der Waals surface area contributed by atoms with Crippen molar-refractivity contribution < 1.29 is 31.1 Å². The van der Waals surface area contributed by atoms with Crippen LogP contribution in [0.2, 0.25) is 0 Å². The summed E-state index contributed by atoms with van der Waals surface area (Å²) in [6.07, 6.45) is 1.94. The van der Waals surface area contributed by atoms with Gasteiger partial charge in [0.05, 0.1) is 6.61 Å². The Morgan fingerprint density at radius 1 is 1.09 bits per heavy atom. The highest BCUT2D eigenvalue weighted by atomic mass is 79.9. The Morgan fingerprint density at radius 3 is 2.50 bits per heavy atom. The summed E-state index contributed by atoms with van der Waals surface area (Å²) < 4.78 is 9.04. The molecule has 0 aliphatic carbocycles. The number of benzene rings is 2. The molecule has 2 aromatic carbocycles. The molecule has 5 heteroatoms. The molecular formula is C17H17BrN2O2. The molecule has 22 heavy (non-hydrogen) atoms. The van der Waals surface area contributed by atoms with Gasteiger partial charge in [-0.3, -0.25) is 0 Å². The van der Waals surface area contributed by atoms with Gasteiger partial charge in [0.25, 0.3) is 6.33 Å². The summed E-state index contributed by atoms with van der Waals surface area (Å²) in [5, 5.41) is 0. The molecule has 1 aromatic heterocycles. The molecule has 0 N–H and O–H groups in total. The number of aromatic nitrogens is 2. The predicted molar refractivity (Wildman–Crippen MR) is 80.1 cm³/mol. The average molecular weight is 361 g/mol. The molecule has 4 nitrogen and oxygen atoms in total. The predicted octanol–water partition coefficient (Wildman–Crippen LogP) is -0.515. The van der Waals surface area contributed by atoms with Crippen LogP contribution < -0.4 is 21.5 Å². The number of carbonyl (C=O) groups is 1. The molecule has 3 rings (SSSR count). The number of nitrogens with zero attached hydrogens (tertiary/aromatic N) is 2. The van der Waals surface area contributed by atoms with E-state index in [-0.39, 0.29) is 29.5 Å². The highest BCUT2D eigenvalue weighted by Gasteiger charge is 2.19. The van der Waals surface area contributed by atoms with Gasteiger partial charge < -0.3 is 21.7 Å². The van der Waals surface area contributed by atoms with Crippen molar-refractivity contribution in [1.29, 1.82) is 0 Å². The summed E-state index contributed by atoms with van der Waals surface area (Å²) >= 11 is 0. The van der Waals surface area contributed by atoms with Crippen molar-refractivity contribution in [1.82, 2.24) is 4.57 Å². The van der Waals surface area contributed by atoms with E-state index in [1.807, 2.05) is 72.4 Å². The second-order valence-corrected chi connectivity index (χ2v) is 4.74. The molecule has 0 saturated heterocycles. The molecule has 114 valence electrons. The van der Waals surface area contributed by atoms with Gasteiger partial charge in [-0.1, -0.05) is 30.3 Å². The van der Waals surface area contributed by atoms with Crippen molar-refractivity contribution in [2.75, 3.05) is 6.61 Å². The van der Waals surface area contributed by atoms with Crippen LogP contribution in [0.25, 0.3) is 16.7 Å². The van der Waals surface area contributed by atoms with Gasteiger partial charge in [-0.2, -0.15) is 4.57 Å². The first-order valence-electron chi connectivity index (χ1n) is 7.00. The Balaban J connectivity index is 0.00000176. The molecule has 0 bridgehead atoms. The molecular weight excluding hydrogens is 344 g/mol. The molecule has 0 spiro atoms. The second kappa shape index (κ2) is 7.22. The van der Waals surface area contributed by atoms with Crippen LogP contribution in [-0.2, 0) is 16.1 Å². The Morgan fingerprint density at radius 2 is 1.77 bits per heavy atom. The fraction of sp³-hybridized carbons (Fsp3) is 0.176.